The Bertz CT molecular complexity index is 588. The second-order valence-corrected chi connectivity index (χ2v) is 5.11. The highest BCUT2D eigenvalue weighted by molar-refractivity contribution is 5.93. The number of carbonyl (C=O) groups excluding carboxylic acids is 1. The summed E-state index contributed by atoms with van der Waals surface area (Å²) >= 11 is 0. The maximum atomic E-state index is 12.1. The number of piperidine rings is 1. The number of aromatic nitrogens is 2. The molecule has 1 aromatic heterocycles. The summed E-state index contributed by atoms with van der Waals surface area (Å²) in [6, 6.07) is 0.176. The summed E-state index contributed by atoms with van der Waals surface area (Å²) in [7, 11) is 2.00. The molecular weight excluding hydrogens is 246 g/mol. The molecule has 6 heteroatoms. The second-order valence-electron chi connectivity index (χ2n) is 5.11. The molecule has 0 aliphatic carbocycles. The zero-order chi connectivity index (χ0) is 14.0. The zero-order valence-corrected chi connectivity index (χ0v) is 11.3. The first-order chi connectivity index (χ1) is 9.00. The Hall–Kier alpha value is -1.69. The number of ketones is 1. The van der Waals surface area contributed by atoms with Crippen molar-refractivity contribution in [1.29, 1.82) is 0 Å². The first-order valence-corrected chi connectivity index (χ1v) is 6.54. The Balaban J connectivity index is 2.34. The Morgan fingerprint density at radius 1 is 1.42 bits per heavy atom. The lowest BCUT2D eigenvalue weighted by Crippen LogP contribution is -2.46. The Kier molecular flexibility index (Phi) is 3.99. The Labute approximate surface area is 111 Å². The van der Waals surface area contributed by atoms with E-state index in [1.807, 2.05) is 7.05 Å². The van der Waals surface area contributed by atoms with E-state index in [1.54, 1.807) is 0 Å². The third-order valence-corrected chi connectivity index (χ3v) is 3.75. The number of aromatic amines is 1. The molecule has 1 aliphatic heterocycles. The van der Waals surface area contributed by atoms with Crippen LogP contribution in [-0.4, -0.2) is 39.9 Å². The van der Waals surface area contributed by atoms with E-state index in [9.17, 15) is 14.4 Å². The van der Waals surface area contributed by atoms with Crippen molar-refractivity contribution in [1.82, 2.24) is 14.5 Å². The number of nitrogens with one attached hydrogen (secondary N) is 1. The quantitative estimate of drug-likeness (QED) is 0.793. The summed E-state index contributed by atoms with van der Waals surface area (Å²) < 4.78 is 1.14. The number of nitrogens with zero attached hydrogens (tertiary/aromatic N) is 2. The van der Waals surface area contributed by atoms with Crippen LogP contribution in [0.1, 0.15) is 36.5 Å². The van der Waals surface area contributed by atoms with Crippen LogP contribution in [0.2, 0.25) is 0 Å². The second kappa shape index (κ2) is 5.52. The average molecular weight is 265 g/mol. The van der Waals surface area contributed by atoms with Gasteiger partial charge in [-0.15, -0.1) is 0 Å². The minimum absolute atomic E-state index is 0.0399. The number of hydrogen-bond acceptors (Lipinski definition) is 4. The van der Waals surface area contributed by atoms with Gasteiger partial charge in [0.1, 0.15) is 0 Å². The first kappa shape index (κ1) is 13.7. The lowest BCUT2D eigenvalue weighted by atomic mass is 10.0. The fraction of sp³-hybridized carbons (Fsp3) is 0.615. The summed E-state index contributed by atoms with van der Waals surface area (Å²) in [5, 5.41) is 0. The monoisotopic (exact) mass is 265 g/mol. The summed E-state index contributed by atoms with van der Waals surface area (Å²) in [4.78, 5) is 39.9. The molecule has 0 saturated carbocycles. The van der Waals surface area contributed by atoms with Crippen molar-refractivity contribution in [2.75, 3.05) is 13.6 Å². The lowest BCUT2D eigenvalue weighted by molar-refractivity contribution is 0.101. The highest BCUT2D eigenvalue weighted by Gasteiger charge is 2.21. The molecule has 1 N–H and O–H groups in total. The molecule has 0 radical (unpaired) electrons. The molecular formula is C13H19N3O3. The molecule has 1 aromatic rings. The third-order valence-electron chi connectivity index (χ3n) is 3.75. The van der Waals surface area contributed by atoms with Gasteiger partial charge >= 0.3 is 5.69 Å². The van der Waals surface area contributed by atoms with Gasteiger partial charge in [-0.1, -0.05) is 6.42 Å². The summed E-state index contributed by atoms with van der Waals surface area (Å²) in [6.07, 6.45) is 4.42. The Morgan fingerprint density at radius 3 is 2.79 bits per heavy atom. The van der Waals surface area contributed by atoms with E-state index in [4.69, 9.17) is 0 Å². The van der Waals surface area contributed by atoms with E-state index in [0.29, 0.717) is 6.54 Å². The van der Waals surface area contributed by atoms with Crippen LogP contribution in [0.3, 0.4) is 0 Å². The summed E-state index contributed by atoms with van der Waals surface area (Å²) in [5.74, 6) is -0.327. The summed E-state index contributed by atoms with van der Waals surface area (Å²) in [6.45, 7) is 2.64. The van der Waals surface area contributed by atoms with Crippen molar-refractivity contribution >= 4 is 5.78 Å². The van der Waals surface area contributed by atoms with Crippen molar-refractivity contribution in [3.63, 3.8) is 0 Å². The predicted molar refractivity (Wildman–Crippen MR) is 71.6 cm³/mol. The van der Waals surface area contributed by atoms with E-state index in [2.05, 4.69) is 9.88 Å². The minimum atomic E-state index is -0.491. The van der Waals surface area contributed by atoms with Crippen LogP contribution in [-0.2, 0) is 6.54 Å². The van der Waals surface area contributed by atoms with Gasteiger partial charge in [-0.2, -0.15) is 0 Å². The zero-order valence-electron chi connectivity index (χ0n) is 11.3. The standard InChI is InChI=1S/C13H19N3O3/c1-9(17)11-7-14-13(19)16(12(11)18)8-10-5-3-4-6-15(10)2/h7,10H,3-6,8H2,1-2H3,(H,14,19). The van der Waals surface area contributed by atoms with Crippen LogP contribution < -0.4 is 11.2 Å². The highest BCUT2D eigenvalue weighted by atomic mass is 16.2. The molecule has 104 valence electrons. The van der Waals surface area contributed by atoms with Gasteiger partial charge in [-0.25, -0.2) is 4.79 Å². The van der Waals surface area contributed by atoms with E-state index in [-0.39, 0.29) is 17.4 Å². The van der Waals surface area contributed by atoms with Crippen molar-refractivity contribution in [2.24, 2.45) is 0 Å². The maximum Gasteiger partial charge on any atom is 0.328 e. The largest absolute Gasteiger partial charge is 0.328 e. The van der Waals surface area contributed by atoms with Gasteiger partial charge in [-0.3, -0.25) is 14.2 Å². The number of carbonyl (C=O) groups is 1. The van der Waals surface area contributed by atoms with Crippen molar-refractivity contribution in [2.45, 2.75) is 38.8 Å². The van der Waals surface area contributed by atoms with Crippen molar-refractivity contribution in [3.8, 4) is 0 Å². The van der Waals surface area contributed by atoms with E-state index in [0.717, 1.165) is 30.4 Å². The van der Waals surface area contributed by atoms with Crippen LogP contribution in [0, 0.1) is 0 Å². The average Bonchev–Trinajstić information content (AvgIpc) is 2.36. The van der Waals surface area contributed by atoms with Gasteiger partial charge in [-0.05, 0) is 33.4 Å². The molecule has 0 aromatic carbocycles. The smallest absolute Gasteiger partial charge is 0.313 e. The van der Waals surface area contributed by atoms with Gasteiger partial charge in [0.2, 0.25) is 0 Å². The fourth-order valence-corrected chi connectivity index (χ4v) is 2.51. The van der Waals surface area contributed by atoms with Gasteiger partial charge in [0.25, 0.3) is 5.56 Å². The predicted octanol–water partition coefficient (Wildman–Crippen LogP) is 0.223. The number of Topliss-reactive ketones (excluding diaryl/α,β-unsaturated/α-hetero) is 1. The highest BCUT2D eigenvalue weighted by Crippen LogP contribution is 2.15. The summed E-state index contributed by atoms with van der Waals surface area (Å²) in [5.41, 5.74) is -0.901. The Morgan fingerprint density at radius 2 is 2.16 bits per heavy atom. The molecule has 1 aliphatic rings. The topological polar surface area (TPSA) is 75.2 Å². The van der Waals surface area contributed by atoms with Gasteiger partial charge < -0.3 is 9.88 Å². The molecule has 1 unspecified atom stereocenters. The van der Waals surface area contributed by atoms with Gasteiger partial charge in [0.15, 0.2) is 5.78 Å². The molecule has 1 atom stereocenters. The van der Waals surface area contributed by atoms with Crippen LogP contribution in [0.4, 0.5) is 0 Å². The molecule has 0 spiro atoms. The van der Waals surface area contributed by atoms with Crippen LogP contribution >= 0.6 is 0 Å². The molecule has 0 amide bonds. The molecule has 0 bridgehead atoms. The maximum absolute atomic E-state index is 12.1. The molecule has 2 heterocycles. The molecule has 2 rings (SSSR count). The third kappa shape index (κ3) is 2.84. The molecule has 19 heavy (non-hydrogen) atoms. The van der Waals surface area contributed by atoms with Crippen LogP contribution in [0.15, 0.2) is 15.8 Å². The van der Waals surface area contributed by atoms with Crippen LogP contribution in [0.25, 0.3) is 0 Å². The number of likely N-dealkylation sites (tertiary alicyclic amines) is 1. The van der Waals surface area contributed by atoms with Gasteiger partial charge in [0.05, 0.1) is 5.56 Å². The molecule has 6 nitrogen and oxygen atoms in total. The minimum Gasteiger partial charge on any atom is -0.313 e. The first-order valence-electron chi connectivity index (χ1n) is 6.54. The van der Waals surface area contributed by atoms with Crippen LogP contribution in [0.5, 0.6) is 0 Å². The van der Waals surface area contributed by atoms with E-state index in [1.165, 1.54) is 13.1 Å². The van der Waals surface area contributed by atoms with E-state index < -0.39 is 11.2 Å². The van der Waals surface area contributed by atoms with Crippen molar-refractivity contribution < 1.29 is 4.79 Å². The molecule has 1 saturated heterocycles. The van der Waals surface area contributed by atoms with Crippen molar-refractivity contribution in [3.05, 3.63) is 32.6 Å². The molecule has 1 fully saturated rings. The SMILES string of the molecule is CC(=O)c1c[nH]c(=O)n(CC2CCCCN2C)c1=O. The number of rotatable bonds is 3. The number of hydrogen-bond donors (Lipinski definition) is 1. The van der Waals surface area contributed by atoms with E-state index >= 15 is 0 Å². The number of likely N-dealkylation sites (N-methyl/N-ethyl adjacent to an activating group) is 1. The number of H-pyrrole nitrogens is 1. The lowest BCUT2D eigenvalue weighted by Gasteiger charge is -2.32. The fourth-order valence-electron chi connectivity index (χ4n) is 2.51. The normalized spacial score (nSPS) is 20.4. The van der Waals surface area contributed by atoms with Gasteiger partial charge in [0, 0.05) is 18.8 Å².